The van der Waals surface area contributed by atoms with Crippen molar-refractivity contribution in [2.24, 2.45) is 5.92 Å². The predicted molar refractivity (Wildman–Crippen MR) is 71.8 cm³/mol. The number of likely N-dealkylation sites (tertiary alicyclic amines) is 1. The highest BCUT2D eigenvalue weighted by molar-refractivity contribution is 5.96. The zero-order chi connectivity index (χ0) is 14.7. The molecule has 1 aromatic heterocycles. The highest BCUT2D eigenvalue weighted by atomic mass is 16.5. The molecule has 0 saturated carbocycles. The van der Waals surface area contributed by atoms with Crippen molar-refractivity contribution in [3.05, 3.63) is 23.4 Å². The van der Waals surface area contributed by atoms with Crippen LogP contribution in [0.15, 0.2) is 12.1 Å². The predicted octanol–water partition coefficient (Wildman–Crippen LogP) is 1.34. The molecule has 0 aliphatic carbocycles. The van der Waals surface area contributed by atoms with Crippen LogP contribution in [0.3, 0.4) is 0 Å². The smallest absolute Gasteiger partial charge is 0.308 e. The monoisotopic (exact) mass is 278 g/mol. The van der Waals surface area contributed by atoms with Gasteiger partial charge in [-0.2, -0.15) is 0 Å². The molecular formula is C14H18N2O4. The number of pyridine rings is 1. The average molecular weight is 278 g/mol. The summed E-state index contributed by atoms with van der Waals surface area (Å²) in [6.45, 7) is 2.63. The molecule has 0 aromatic carbocycles. The fraction of sp³-hybridized carbons (Fsp3) is 0.500. The number of hydrogen-bond acceptors (Lipinski definition) is 4. The number of piperidine rings is 1. The first kappa shape index (κ1) is 14.3. The van der Waals surface area contributed by atoms with Gasteiger partial charge in [-0.15, -0.1) is 0 Å². The van der Waals surface area contributed by atoms with E-state index in [0.29, 0.717) is 24.9 Å². The fourth-order valence-electron chi connectivity index (χ4n) is 2.38. The zero-order valence-electron chi connectivity index (χ0n) is 11.6. The van der Waals surface area contributed by atoms with Crippen LogP contribution < -0.4 is 4.74 Å². The van der Waals surface area contributed by atoms with Crippen LogP contribution in [0.5, 0.6) is 5.88 Å². The van der Waals surface area contributed by atoms with Crippen molar-refractivity contribution >= 4 is 11.9 Å². The van der Waals surface area contributed by atoms with Gasteiger partial charge in [0.15, 0.2) is 0 Å². The lowest BCUT2D eigenvalue weighted by molar-refractivity contribution is -0.143. The summed E-state index contributed by atoms with van der Waals surface area (Å²) in [7, 11) is 1.47. The molecule has 1 aliphatic rings. The number of aromatic nitrogens is 1. The average Bonchev–Trinajstić information content (AvgIpc) is 2.46. The van der Waals surface area contributed by atoms with E-state index in [-0.39, 0.29) is 18.3 Å². The maximum absolute atomic E-state index is 12.5. The van der Waals surface area contributed by atoms with E-state index >= 15 is 0 Å². The molecule has 0 radical (unpaired) electrons. The number of amides is 1. The first-order valence-corrected chi connectivity index (χ1v) is 6.56. The molecule has 0 spiro atoms. The van der Waals surface area contributed by atoms with E-state index < -0.39 is 11.9 Å². The van der Waals surface area contributed by atoms with Crippen molar-refractivity contribution in [1.29, 1.82) is 0 Å². The summed E-state index contributed by atoms with van der Waals surface area (Å²) < 4.78 is 5.14. The number of methoxy groups -OCH3 is 1. The third-order valence-electron chi connectivity index (χ3n) is 3.48. The molecule has 20 heavy (non-hydrogen) atoms. The number of hydrogen-bond donors (Lipinski definition) is 1. The Bertz CT molecular complexity index is 530. The third kappa shape index (κ3) is 2.89. The number of carbonyl (C=O) groups is 2. The topological polar surface area (TPSA) is 79.7 Å². The summed E-state index contributed by atoms with van der Waals surface area (Å²) in [5.74, 6) is -1.28. The summed E-state index contributed by atoms with van der Waals surface area (Å²) >= 11 is 0. The maximum atomic E-state index is 12.5. The largest absolute Gasteiger partial charge is 0.481 e. The first-order chi connectivity index (χ1) is 9.52. The Morgan fingerprint density at radius 3 is 2.85 bits per heavy atom. The Kier molecular flexibility index (Phi) is 4.22. The standard InChI is InChI=1S/C14H18N2O4/c1-9-5-6-11(12(15-9)20-2)13(17)16-7-3-4-10(8-16)14(18)19/h5-6,10H,3-4,7-8H2,1-2H3,(H,18,19)/t10-/m0/s1. The fourth-order valence-corrected chi connectivity index (χ4v) is 2.38. The summed E-state index contributed by atoms with van der Waals surface area (Å²) in [4.78, 5) is 29.3. The number of rotatable bonds is 3. The van der Waals surface area contributed by atoms with Gasteiger partial charge in [-0.05, 0) is 31.9 Å². The Balaban J connectivity index is 2.20. The van der Waals surface area contributed by atoms with E-state index in [9.17, 15) is 9.59 Å². The number of nitrogens with zero attached hydrogens (tertiary/aromatic N) is 2. The Morgan fingerprint density at radius 2 is 2.20 bits per heavy atom. The number of carboxylic acids is 1. The van der Waals surface area contributed by atoms with Crippen LogP contribution in [0, 0.1) is 12.8 Å². The molecule has 1 atom stereocenters. The highest BCUT2D eigenvalue weighted by Crippen LogP contribution is 2.22. The van der Waals surface area contributed by atoms with Gasteiger partial charge in [0.05, 0.1) is 13.0 Å². The molecule has 1 N–H and O–H groups in total. The number of aryl methyl sites for hydroxylation is 1. The van der Waals surface area contributed by atoms with Gasteiger partial charge in [0.2, 0.25) is 5.88 Å². The zero-order valence-corrected chi connectivity index (χ0v) is 11.6. The molecule has 6 nitrogen and oxygen atoms in total. The molecule has 1 aromatic rings. The second-order valence-corrected chi connectivity index (χ2v) is 4.94. The lowest BCUT2D eigenvalue weighted by Crippen LogP contribution is -2.42. The lowest BCUT2D eigenvalue weighted by Gasteiger charge is -2.30. The van der Waals surface area contributed by atoms with Gasteiger partial charge in [-0.25, -0.2) is 4.98 Å². The second kappa shape index (κ2) is 5.90. The second-order valence-electron chi connectivity index (χ2n) is 4.94. The van der Waals surface area contributed by atoms with E-state index in [4.69, 9.17) is 9.84 Å². The van der Waals surface area contributed by atoms with Crippen molar-refractivity contribution in [3.63, 3.8) is 0 Å². The van der Waals surface area contributed by atoms with Gasteiger partial charge in [0.25, 0.3) is 5.91 Å². The van der Waals surface area contributed by atoms with E-state index in [1.54, 1.807) is 17.0 Å². The van der Waals surface area contributed by atoms with Crippen LogP contribution in [-0.4, -0.2) is 47.1 Å². The van der Waals surface area contributed by atoms with Gasteiger partial charge in [-0.1, -0.05) is 0 Å². The molecule has 6 heteroatoms. The molecule has 1 saturated heterocycles. The van der Waals surface area contributed by atoms with Crippen molar-refractivity contribution in [3.8, 4) is 5.88 Å². The quantitative estimate of drug-likeness (QED) is 0.902. The van der Waals surface area contributed by atoms with E-state index in [2.05, 4.69) is 4.98 Å². The normalized spacial score (nSPS) is 18.7. The number of ether oxygens (including phenoxy) is 1. The van der Waals surface area contributed by atoms with Crippen molar-refractivity contribution in [2.75, 3.05) is 20.2 Å². The highest BCUT2D eigenvalue weighted by Gasteiger charge is 2.30. The number of carboxylic acid groups (broad SMARTS) is 1. The van der Waals surface area contributed by atoms with Crippen LogP contribution in [0.25, 0.3) is 0 Å². The van der Waals surface area contributed by atoms with Gasteiger partial charge in [0, 0.05) is 18.8 Å². The molecule has 1 aliphatic heterocycles. The Labute approximate surface area is 117 Å². The Hall–Kier alpha value is -2.11. The van der Waals surface area contributed by atoms with Gasteiger partial charge in [0.1, 0.15) is 5.56 Å². The molecule has 1 amide bonds. The summed E-state index contributed by atoms with van der Waals surface area (Å²) in [5, 5.41) is 9.07. The molecule has 2 rings (SSSR count). The van der Waals surface area contributed by atoms with Crippen molar-refractivity contribution in [2.45, 2.75) is 19.8 Å². The van der Waals surface area contributed by atoms with Gasteiger partial charge < -0.3 is 14.7 Å². The molecule has 0 bridgehead atoms. The summed E-state index contributed by atoms with van der Waals surface area (Å²) in [6.07, 6.45) is 1.31. The maximum Gasteiger partial charge on any atom is 0.308 e. The molecule has 1 fully saturated rings. The third-order valence-corrected chi connectivity index (χ3v) is 3.48. The molecule has 108 valence electrons. The van der Waals surface area contributed by atoms with Gasteiger partial charge in [-0.3, -0.25) is 9.59 Å². The van der Waals surface area contributed by atoms with Crippen LogP contribution >= 0.6 is 0 Å². The Morgan fingerprint density at radius 1 is 1.45 bits per heavy atom. The number of carbonyl (C=O) groups excluding carboxylic acids is 1. The number of aliphatic carboxylic acids is 1. The van der Waals surface area contributed by atoms with Gasteiger partial charge >= 0.3 is 5.97 Å². The van der Waals surface area contributed by atoms with E-state index in [1.807, 2.05) is 6.92 Å². The minimum absolute atomic E-state index is 0.222. The van der Waals surface area contributed by atoms with Crippen LogP contribution in [-0.2, 0) is 4.79 Å². The molecule has 0 unspecified atom stereocenters. The first-order valence-electron chi connectivity index (χ1n) is 6.56. The van der Waals surface area contributed by atoms with Crippen LogP contribution in [0.4, 0.5) is 0 Å². The van der Waals surface area contributed by atoms with E-state index in [0.717, 1.165) is 5.69 Å². The summed E-state index contributed by atoms with van der Waals surface area (Å²) in [6, 6.07) is 3.42. The minimum Gasteiger partial charge on any atom is -0.481 e. The van der Waals surface area contributed by atoms with Crippen molar-refractivity contribution < 1.29 is 19.4 Å². The molecule has 2 heterocycles. The van der Waals surface area contributed by atoms with Crippen molar-refractivity contribution in [1.82, 2.24) is 9.88 Å². The molecular weight excluding hydrogens is 260 g/mol. The summed E-state index contributed by atoms with van der Waals surface area (Å²) in [5.41, 5.74) is 1.14. The van der Waals surface area contributed by atoms with E-state index in [1.165, 1.54) is 7.11 Å². The van der Waals surface area contributed by atoms with Crippen LogP contribution in [0.1, 0.15) is 28.9 Å². The minimum atomic E-state index is -0.850. The van der Waals surface area contributed by atoms with Crippen LogP contribution in [0.2, 0.25) is 0 Å². The lowest BCUT2D eigenvalue weighted by atomic mass is 9.97. The SMILES string of the molecule is COc1nc(C)ccc1C(=O)N1CCC[C@H](C(=O)O)C1.